The molecule has 0 aliphatic heterocycles. The summed E-state index contributed by atoms with van der Waals surface area (Å²) in [5, 5.41) is 17.0. The number of carbonyl (C=O) groups is 2. The number of benzene rings is 2. The molecule has 4 N–H and O–H groups in total. The summed E-state index contributed by atoms with van der Waals surface area (Å²) in [6.07, 6.45) is 2.89. The molecule has 0 aliphatic carbocycles. The Kier molecular flexibility index (Phi) is 9.87. The standard InChI is InChI=1S/C26H31N5O5/c1-35-22-10-9-18(16-23(22)36-2)11-14-27-25-28-15-12-21(31-25)19-6-5-7-20(17-19)30-24(32)8-3-4-13-29-26(33)34/h5-7,9-10,12,15-17,29H,3-4,8,11,13-14H2,1-2H3,(H,30,32)(H,33,34)(H,27,28,31). The van der Waals surface area contributed by atoms with E-state index in [9.17, 15) is 9.59 Å². The lowest BCUT2D eigenvalue weighted by molar-refractivity contribution is -0.116. The van der Waals surface area contributed by atoms with E-state index in [1.807, 2.05) is 48.5 Å². The maximum atomic E-state index is 12.2. The molecule has 1 heterocycles. The van der Waals surface area contributed by atoms with Gasteiger partial charge < -0.3 is 30.5 Å². The average molecular weight is 494 g/mol. The molecular weight excluding hydrogens is 462 g/mol. The van der Waals surface area contributed by atoms with E-state index in [1.54, 1.807) is 20.4 Å². The number of rotatable bonds is 13. The number of carbonyl (C=O) groups excluding carboxylic acids is 1. The van der Waals surface area contributed by atoms with E-state index in [0.717, 1.165) is 23.2 Å². The SMILES string of the molecule is COc1ccc(CCNc2nccc(-c3cccc(NC(=O)CCCCNC(=O)O)c3)n2)cc1OC. The van der Waals surface area contributed by atoms with Crippen molar-refractivity contribution in [1.82, 2.24) is 15.3 Å². The van der Waals surface area contributed by atoms with E-state index in [4.69, 9.17) is 14.6 Å². The fraction of sp³-hybridized carbons (Fsp3) is 0.308. The van der Waals surface area contributed by atoms with Gasteiger partial charge in [0.2, 0.25) is 11.9 Å². The molecule has 0 spiro atoms. The first-order valence-corrected chi connectivity index (χ1v) is 11.6. The second-order valence-electron chi connectivity index (χ2n) is 7.95. The van der Waals surface area contributed by atoms with Crippen LogP contribution < -0.4 is 25.4 Å². The number of aromatic nitrogens is 2. The molecule has 3 rings (SSSR count). The van der Waals surface area contributed by atoms with Gasteiger partial charge in [-0.05, 0) is 55.2 Å². The summed E-state index contributed by atoms with van der Waals surface area (Å²) in [5.41, 5.74) is 3.35. The van der Waals surface area contributed by atoms with Gasteiger partial charge in [0.05, 0.1) is 19.9 Å². The summed E-state index contributed by atoms with van der Waals surface area (Å²) < 4.78 is 10.6. The van der Waals surface area contributed by atoms with Gasteiger partial charge in [0.1, 0.15) is 0 Å². The highest BCUT2D eigenvalue weighted by Gasteiger charge is 2.08. The van der Waals surface area contributed by atoms with Crippen molar-refractivity contribution in [3.63, 3.8) is 0 Å². The molecule has 0 bridgehead atoms. The van der Waals surface area contributed by atoms with Gasteiger partial charge in [-0.2, -0.15) is 0 Å². The second-order valence-corrected chi connectivity index (χ2v) is 7.95. The fourth-order valence-electron chi connectivity index (χ4n) is 3.55. The molecule has 0 atom stereocenters. The molecule has 0 aliphatic rings. The van der Waals surface area contributed by atoms with Crippen molar-refractivity contribution in [2.24, 2.45) is 0 Å². The van der Waals surface area contributed by atoms with E-state index >= 15 is 0 Å². The Morgan fingerprint density at radius 1 is 0.972 bits per heavy atom. The van der Waals surface area contributed by atoms with Crippen LogP contribution in [0.5, 0.6) is 11.5 Å². The largest absolute Gasteiger partial charge is 0.493 e. The van der Waals surface area contributed by atoms with Crippen molar-refractivity contribution in [1.29, 1.82) is 0 Å². The molecular formula is C26H31N5O5. The number of anilines is 2. The van der Waals surface area contributed by atoms with Crippen LogP contribution in [0.15, 0.2) is 54.7 Å². The minimum atomic E-state index is -1.06. The third-order valence-corrected chi connectivity index (χ3v) is 5.35. The molecule has 10 nitrogen and oxygen atoms in total. The number of unbranched alkanes of at least 4 members (excludes halogenated alkanes) is 1. The smallest absolute Gasteiger partial charge is 0.404 e. The first-order chi connectivity index (χ1) is 17.5. The predicted octanol–water partition coefficient (Wildman–Crippen LogP) is 4.19. The molecule has 36 heavy (non-hydrogen) atoms. The molecule has 0 fully saturated rings. The van der Waals surface area contributed by atoms with Crippen LogP contribution in [0, 0.1) is 0 Å². The molecule has 2 amide bonds. The van der Waals surface area contributed by atoms with Crippen molar-refractivity contribution >= 4 is 23.6 Å². The van der Waals surface area contributed by atoms with E-state index in [-0.39, 0.29) is 5.91 Å². The molecule has 0 unspecified atom stereocenters. The van der Waals surface area contributed by atoms with Gasteiger partial charge in [-0.1, -0.05) is 18.2 Å². The van der Waals surface area contributed by atoms with Crippen molar-refractivity contribution in [3.8, 4) is 22.8 Å². The maximum absolute atomic E-state index is 12.2. The number of hydrogen-bond donors (Lipinski definition) is 4. The monoisotopic (exact) mass is 493 g/mol. The zero-order valence-corrected chi connectivity index (χ0v) is 20.4. The summed E-state index contributed by atoms with van der Waals surface area (Å²) >= 11 is 0. The molecule has 0 saturated heterocycles. The molecule has 0 saturated carbocycles. The van der Waals surface area contributed by atoms with Crippen molar-refractivity contribution in [3.05, 3.63) is 60.3 Å². The van der Waals surface area contributed by atoms with Crippen LogP contribution in [0.2, 0.25) is 0 Å². The minimum Gasteiger partial charge on any atom is -0.493 e. The summed E-state index contributed by atoms with van der Waals surface area (Å²) in [6.45, 7) is 0.966. The average Bonchev–Trinajstić information content (AvgIpc) is 2.88. The predicted molar refractivity (Wildman–Crippen MR) is 138 cm³/mol. The van der Waals surface area contributed by atoms with E-state index < -0.39 is 6.09 Å². The summed E-state index contributed by atoms with van der Waals surface area (Å²) in [5.74, 6) is 1.77. The van der Waals surface area contributed by atoms with Gasteiger partial charge in [-0.15, -0.1) is 0 Å². The molecule has 190 valence electrons. The summed E-state index contributed by atoms with van der Waals surface area (Å²) in [6, 6.07) is 15.1. The molecule has 0 radical (unpaired) electrons. The number of methoxy groups -OCH3 is 2. The second kappa shape index (κ2) is 13.5. The first kappa shape index (κ1) is 26.3. The Bertz CT molecular complexity index is 1170. The van der Waals surface area contributed by atoms with Crippen LogP contribution in [0.1, 0.15) is 24.8 Å². The van der Waals surface area contributed by atoms with Gasteiger partial charge in [-0.3, -0.25) is 4.79 Å². The topological polar surface area (TPSA) is 135 Å². The lowest BCUT2D eigenvalue weighted by Gasteiger charge is -2.11. The van der Waals surface area contributed by atoms with Gasteiger partial charge in [-0.25, -0.2) is 14.8 Å². The molecule has 2 aromatic carbocycles. The lowest BCUT2D eigenvalue weighted by atomic mass is 10.1. The Morgan fingerprint density at radius 3 is 2.58 bits per heavy atom. The molecule has 3 aromatic rings. The van der Waals surface area contributed by atoms with Gasteiger partial charge in [0.25, 0.3) is 0 Å². The number of nitrogens with one attached hydrogen (secondary N) is 3. The van der Waals surface area contributed by atoms with Crippen LogP contribution in [0.4, 0.5) is 16.4 Å². The van der Waals surface area contributed by atoms with Crippen LogP contribution in [0.25, 0.3) is 11.3 Å². The van der Waals surface area contributed by atoms with Crippen LogP contribution >= 0.6 is 0 Å². The number of amides is 2. The highest BCUT2D eigenvalue weighted by Crippen LogP contribution is 2.27. The first-order valence-electron chi connectivity index (χ1n) is 11.6. The highest BCUT2D eigenvalue weighted by molar-refractivity contribution is 5.91. The Balaban J connectivity index is 1.54. The molecule has 10 heteroatoms. The van der Waals surface area contributed by atoms with Crippen molar-refractivity contribution < 1.29 is 24.2 Å². The Morgan fingerprint density at radius 2 is 1.81 bits per heavy atom. The van der Waals surface area contributed by atoms with Crippen molar-refractivity contribution in [2.75, 3.05) is 37.9 Å². The van der Waals surface area contributed by atoms with Gasteiger partial charge >= 0.3 is 6.09 Å². The van der Waals surface area contributed by atoms with E-state index in [2.05, 4.69) is 25.9 Å². The fourth-order valence-corrected chi connectivity index (χ4v) is 3.55. The number of hydrogen-bond acceptors (Lipinski definition) is 7. The normalized spacial score (nSPS) is 10.4. The summed E-state index contributed by atoms with van der Waals surface area (Å²) in [7, 11) is 3.22. The third-order valence-electron chi connectivity index (χ3n) is 5.35. The van der Waals surface area contributed by atoms with E-state index in [1.165, 1.54) is 0 Å². The zero-order valence-electron chi connectivity index (χ0n) is 20.4. The number of ether oxygens (including phenoxy) is 2. The summed E-state index contributed by atoms with van der Waals surface area (Å²) in [4.78, 5) is 31.6. The zero-order chi connectivity index (χ0) is 25.8. The maximum Gasteiger partial charge on any atom is 0.404 e. The number of nitrogens with zero attached hydrogens (tertiary/aromatic N) is 2. The number of carboxylic acid groups (broad SMARTS) is 1. The molecule has 1 aromatic heterocycles. The third kappa shape index (κ3) is 8.15. The van der Waals surface area contributed by atoms with Crippen LogP contribution in [0.3, 0.4) is 0 Å². The van der Waals surface area contributed by atoms with Crippen LogP contribution in [-0.2, 0) is 11.2 Å². The van der Waals surface area contributed by atoms with Gasteiger partial charge in [0, 0.05) is 37.0 Å². The van der Waals surface area contributed by atoms with Gasteiger partial charge in [0.15, 0.2) is 11.5 Å². The van der Waals surface area contributed by atoms with Crippen LogP contribution in [-0.4, -0.2) is 54.4 Å². The lowest BCUT2D eigenvalue weighted by Crippen LogP contribution is -2.22. The van der Waals surface area contributed by atoms with E-state index in [0.29, 0.717) is 55.5 Å². The highest BCUT2D eigenvalue weighted by atomic mass is 16.5. The van der Waals surface area contributed by atoms with Crippen molar-refractivity contribution in [2.45, 2.75) is 25.7 Å². The quantitative estimate of drug-likeness (QED) is 0.260. The Hall–Kier alpha value is -4.34. The minimum absolute atomic E-state index is 0.123. The Labute approximate surface area is 210 Å².